The predicted molar refractivity (Wildman–Crippen MR) is 79.4 cm³/mol. The van der Waals surface area contributed by atoms with E-state index in [0.717, 1.165) is 0 Å². The van der Waals surface area contributed by atoms with Crippen molar-refractivity contribution >= 4 is 15.7 Å². The van der Waals surface area contributed by atoms with Gasteiger partial charge in [-0.2, -0.15) is 5.10 Å². The van der Waals surface area contributed by atoms with E-state index in [1.165, 1.54) is 5.56 Å². The summed E-state index contributed by atoms with van der Waals surface area (Å²) in [6.45, 7) is 7.55. The molecule has 20 heavy (non-hydrogen) atoms. The molecule has 0 bridgehead atoms. The molecular formula is C14H19N3O2S. The molecule has 1 aromatic carbocycles. The number of anilines is 1. The summed E-state index contributed by atoms with van der Waals surface area (Å²) < 4.78 is 27.3. The average molecular weight is 293 g/mol. The van der Waals surface area contributed by atoms with Crippen molar-refractivity contribution in [1.82, 2.24) is 10.2 Å². The smallest absolute Gasteiger partial charge is 0.265 e. The fourth-order valence-electron chi connectivity index (χ4n) is 2.08. The molecule has 0 fully saturated rings. The van der Waals surface area contributed by atoms with Gasteiger partial charge in [0.1, 0.15) is 4.90 Å². The zero-order valence-electron chi connectivity index (χ0n) is 12.1. The number of hydrogen-bond donors (Lipinski definition) is 2. The van der Waals surface area contributed by atoms with Gasteiger partial charge in [-0.15, -0.1) is 0 Å². The van der Waals surface area contributed by atoms with E-state index in [4.69, 9.17) is 0 Å². The molecule has 0 unspecified atom stereocenters. The van der Waals surface area contributed by atoms with Gasteiger partial charge < -0.3 is 0 Å². The Morgan fingerprint density at radius 1 is 1.15 bits per heavy atom. The van der Waals surface area contributed by atoms with Crippen LogP contribution in [0.25, 0.3) is 0 Å². The average Bonchev–Trinajstić information content (AvgIpc) is 2.69. The van der Waals surface area contributed by atoms with Crippen molar-refractivity contribution in [3.63, 3.8) is 0 Å². The second-order valence-corrected chi connectivity index (χ2v) is 6.76. The molecule has 108 valence electrons. The normalized spacial score (nSPS) is 11.8. The van der Waals surface area contributed by atoms with Crippen molar-refractivity contribution in [2.45, 2.75) is 38.5 Å². The molecule has 0 saturated heterocycles. The summed E-state index contributed by atoms with van der Waals surface area (Å²) in [5, 5.41) is 6.60. The van der Waals surface area contributed by atoms with Crippen molar-refractivity contribution in [2.24, 2.45) is 0 Å². The fraction of sp³-hybridized carbons (Fsp3) is 0.357. The quantitative estimate of drug-likeness (QED) is 0.910. The summed E-state index contributed by atoms with van der Waals surface area (Å²) in [7, 11) is -3.61. The molecule has 0 amide bonds. The van der Waals surface area contributed by atoms with Gasteiger partial charge in [-0.05, 0) is 37.5 Å². The molecule has 0 spiro atoms. The number of aryl methyl sites for hydroxylation is 2. The van der Waals surface area contributed by atoms with E-state index in [1.807, 2.05) is 12.1 Å². The number of nitrogens with one attached hydrogen (secondary N) is 2. The number of hydrogen-bond acceptors (Lipinski definition) is 3. The molecule has 2 rings (SSSR count). The minimum atomic E-state index is -3.61. The van der Waals surface area contributed by atoms with E-state index < -0.39 is 10.0 Å². The van der Waals surface area contributed by atoms with Crippen LogP contribution in [0.4, 0.5) is 5.69 Å². The highest BCUT2D eigenvalue weighted by Crippen LogP contribution is 2.22. The molecule has 0 aliphatic carbocycles. The molecule has 2 aromatic rings. The van der Waals surface area contributed by atoms with Crippen LogP contribution in [0, 0.1) is 13.8 Å². The van der Waals surface area contributed by atoms with Gasteiger partial charge in [-0.25, -0.2) is 8.42 Å². The Labute approximate surface area is 119 Å². The van der Waals surface area contributed by atoms with Crippen LogP contribution in [0.3, 0.4) is 0 Å². The molecule has 0 aliphatic rings. The molecule has 1 heterocycles. The summed E-state index contributed by atoms with van der Waals surface area (Å²) in [5.41, 5.74) is 2.72. The number of rotatable bonds is 4. The van der Waals surface area contributed by atoms with Crippen molar-refractivity contribution in [3.05, 3.63) is 41.2 Å². The van der Waals surface area contributed by atoms with Gasteiger partial charge in [0.25, 0.3) is 10.0 Å². The predicted octanol–water partition coefficient (Wildman–Crippen LogP) is 2.95. The van der Waals surface area contributed by atoms with Crippen molar-refractivity contribution < 1.29 is 8.42 Å². The summed E-state index contributed by atoms with van der Waals surface area (Å²) in [6, 6.07) is 7.41. The van der Waals surface area contributed by atoms with E-state index in [-0.39, 0.29) is 4.90 Å². The van der Waals surface area contributed by atoms with Gasteiger partial charge in [0, 0.05) is 5.69 Å². The third-order valence-electron chi connectivity index (χ3n) is 3.16. The van der Waals surface area contributed by atoms with Crippen LogP contribution in [0.2, 0.25) is 0 Å². The largest absolute Gasteiger partial charge is 0.281 e. The molecule has 0 saturated carbocycles. The Bertz CT molecular complexity index is 681. The number of sulfonamides is 1. The third-order valence-corrected chi connectivity index (χ3v) is 4.80. The summed E-state index contributed by atoms with van der Waals surface area (Å²) in [5.74, 6) is 0.416. The van der Waals surface area contributed by atoms with Crippen molar-refractivity contribution in [1.29, 1.82) is 0 Å². The highest BCUT2D eigenvalue weighted by Gasteiger charge is 2.22. The summed E-state index contributed by atoms with van der Waals surface area (Å²) in [6.07, 6.45) is 0. The van der Waals surface area contributed by atoms with Crippen LogP contribution < -0.4 is 4.72 Å². The van der Waals surface area contributed by atoms with Crippen molar-refractivity contribution in [2.75, 3.05) is 4.72 Å². The number of benzene rings is 1. The maximum atomic E-state index is 12.4. The van der Waals surface area contributed by atoms with Gasteiger partial charge in [0.15, 0.2) is 0 Å². The maximum Gasteiger partial charge on any atom is 0.265 e. The highest BCUT2D eigenvalue weighted by molar-refractivity contribution is 7.92. The van der Waals surface area contributed by atoms with Gasteiger partial charge >= 0.3 is 0 Å². The lowest BCUT2D eigenvalue weighted by Crippen LogP contribution is -2.14. The topological polar surface area (TPSA) is 74.8 Å². The van der Waals surface area contributed by atoms with Crippen LogP contribution in [-0.4, -0.2) is 18.6 Å². The Kier molecular flexibility index (Phi) is 3.85. The van der Waals surface area contributed by atoms with E-state index >= 15 is 0 Å². The first-order valence-corrected chi connectivity index (χ1v) is 7.94. The molecule has 6 heteroatoms. The van der Waals surface area contributed by atoms with Gasteiger partial charge in [-0.1, -0.05) is 26.0 Å². The molecule has 0 aliphatic heterocycles. The maximum absolute atomic E-state index is 12.4. The molecule has 1 aromatic heterocycles. The molecule has 5 nitrogen and oxygen atoms in total. The monoisotopic (exact) mass is 293 g/mol. The summed E-state index contributed by atoms with van der Waals surface area (Å²) in [4.78, 5) is 0.213. The zero-order valence-corrected chi connectivity index (χ0v) is 12.9. The number of nitrogens with zero attached hydrogens (tertiary/aromatic N) is 1. The second-order valence-electron chi connectivity index (χ2n) is 5.15. The van der Waals surface area contributed by atoms with E-state index in [0.29, 0.717) is 23.0 Å². The van der Waals surface area contributed by atoms with Crippen LogP contribution in [-0.2, 0) is 10.0 Å². The lowest BCUT2D eigenvalue weighted by molar-refractivity contribution is 0.600. The van der Waals surface area contributed by atoms with Crippen LogP contribution >= 0.6 is 0 Å². The Morgan fingerprint density at radius 3 is 2.20 bits per heavy atom. The number of aromatic nitrogens is 2. The first kappa shape index (κ1) is 14.6. The Balaban J connectivity index is 2.29. The Morgan fingerprint density at radius 2 is 1.75 bits per heavy atom. The molecular weight excluding hydrogens is 274 g/mol. The lowest BCUT2D eigenvalue weighted by atomic mass is 10.0. The first-order chi connectivity index (χ1) is 9.31. The fourth-order valence-corrected chi connectivity index (χ4v) is 3.51. The number of aromatic amines is 1. The summed E-state index contributed by atoms with van der Waals surface area (Å²) >= 11 is 0. The SMILES string of the molecule is Cc1n[nH]c(C)c1S(=O)(=O)Nc1ccc(C(C)C)cc1. The van der Waals surface area contributed by atoms with Crippen LogP contribution in [0.5, 0.6) is 0 Å². The van der Waals surface area contributed by atoms with Gasteiger partial charge in [0.2, 0.25) is 0 Å². The molecule has 0 radical (unpaired) electrons. The molecule has 0 atom stereocenters. The van der Waals surface area contributed by atoms with E-state index in [9.17, 15) is 8.42 Å². The second kappa shape index (κ2) is 5.28. The van der Waals surface area contributed by atoms with Crippen LogP contribution in [0.15, 0.2) is 29.2 Å². The highest BCUT2D eigenvalue weighted by atomic mass is 32.2. The van der Waals surface area contributed by atoms with E-state index in [1.54, 1.807) is 26.0 Å². The van der Waals surface area contributed by atoms with Gasteiger partial charge in [0.05, 0.1) is 11.4 Å². The number of H-pyrrole nitrogens is 1. The van der Waals surface area contributed by atoms with Crippen molar-refractivity contribution in [3.8, 4) is 0 Å². The first-order valence-electron chi connectivity index (χ1n) is 6.45. The lowest BCUT2D eigenvalue weighted by Gasteiger charge is -2.10. The third kappa shape index (κ3) is 2.85. The minimum Gasteiger partial charge on any atom is -0.281 e. The van der Waals surface area contributed by atoms with Gasteiger partial charge in [-0.3, -0.25) is 9.82 Å². The van der Waals surface area contributed by atoms with E-state index in [2.05, 4.69) is 28.8 Å². The van der Waals surface area contributed by atoms with Crippen LogP contribution in [0.1, 0.15) is 36.7 Å². The zero-order chi connectivity index (χ0) is 14.9. The minimum absolute atomic E-state index is 0.213. The standard InChI is InChI=1S/C14H19N3O2S/c1-9(2)12-5-7-13(8-6-12)17-20(18,19)14-10(3)15-16-11(14)4/h5-9,17H,1-4H3,(H,15,16). The molecule has 2 N–H and O–H groups in total. The Hall–Kier alpha value is -1.82.